The highest BCUT2D eigenvalue weighted by Crippen LogP contribution is 2.55. The fourth-order valence-electron chi connectivity index (χ4n) is 4.09. The first kappa shape index (κ1) is 34.8. The summed E-state index contributed by atoms with van der Waals surface area (Å²) in [7, 11) is 0. The van der Waals surface area contributed by atoms with E-state index in [4.69, 9.17) is 0 Å². The van der Waals surface area contributed by atoms with Crippen molar-refractivity contribution < 1.29 is 84.1 Å². The maximum Gasteiger partial charge on any atom is 0.573 e. The number of fused-ring (bicyclic) bond motifs is 3. The molecule has 0 heterocycles. The number of rotatable bonds is 5. The molecule has 0 radical (unpaired) electrons. The lowest BCUT2D eigenvalue weighted by Gasteiger charge is -2.18. The summed E-state index contributed by atoms with van der Waals surface area (Å²) in [5.41, 5.74) is -15.4. The number of hydrogen-bond acceptors (Lipinski definition) is 3. The molecule has 0 bridgehead atoms. The second-order valence-electron chi connectivity index (χ2n) is 8.34. The van der Waals surface area contributed by atoms with Gasteiger partial charge >= 0.3 is 25.1 Å². The summed E-state index contributed by atoms with van der Waals surface area (Å²) in [4.78, 5) is 0. The molecule has 1 aliphatic rings. The van der Waals surface area contributed by atoms with Crippen molar-refractivity contribution in [1.82, 2.24) is 0 Å². The van der Waals surface area contributed by atoms with E-state index in [1.54, 1.807) is 0 Å². The van der Waals surface area contributed by atoms with Crippen LogP contribution in [0.25, 0.3) is 16.7 Å². The van der Waals surface area contributed by atoms with E-state index in [0.29, 0.717) is 0 Å². The Morgan fingerprint density at radius 1 is 0.600 bits per heavy atom. The topological polar surface area (TPSA) is 42.2 Å². The molecule has 0 atom stereocenters. The highest BCUT2D eigenvalue weighted by molar-refractivity contribution is 6.05. The van der Waals surface area contributed by atoms with Crippen molar-refractivity contribution in [2.45, 2.75) is 25.1 Å². The van der Waals surface area contributed by atoms with Crippen LogP contribution in [0.15, 0.2) is 65.6 Å². The minimum absolute atomic E-state index is 0.260. The molecule has 3 nitrogen and oxygen atoms in total. The van der Waals surface area contributed by atoms with Crippen molar-refractivity contribution >= 4 is 5.57 Å². The van der Waals surface area contributed by atoms with Crippen LogP contribution in [0, 0.1) is 11.3 Å². The molecule has 0 aromatic heterocycles. The minimum atomic E-state index is -5.92. The highest BCUT2D eigenvalue weighted by atomic mass is 19.4. The van der Waals surface area contributed by atoms with Crippen molar-refractivity contribution in [1.29, 1.82) is 5.26 Å². The predicted octanol–water partition coefficient (Wildman–Crippen LogP) is 10.6. The zero-order chi connectivity index (χ0) is 34.4. The number of benzene rings is 2. The lowest BCUT2D eigenvalue weighted by Crippen LogP contribution is -2.20. The Bertz CT molecular complexity index is 1610. The first-order valence-electron chi connectivity index (χ1n) is 10.9. The van der Waals surface area contributed by atoms with Crippen LogP contribution in [0.2, 0.25) is 0 Å². The van der Waals surface area contributed by atoms with Gasteiger partial charge in [-0.05, 0) is 46.5 Å². The molecule has 45 heavy (non-hydrogen) atoms. The van der Waals surface area contributed by atoms with Crippen LogP contribution in [0.5, 0.6) is 11.5 Å². The number of nitrogens with zero attached hydrogens (tertiary/aromatic N) is 1. The summed E-state index contributed by atoms with van der Waals surface area (Å²) in [5, 5.41) is 9.69. The van der Waals surface area contributed by atoms with E-state index in [1.165, 1.54) is 0 Å². The molecule has 0 N–H and O–H groups in total. The van der Waals surface area contributed by atoms with Gasteiger partial charge in [-0.2, -0.15) is 31.6 Å². The first-order chi connectivity index (χ1) is 20.4. The predicted molar refractivity (Wildman–Crippen MR) is 116 cm³/mol. The Labute approximate surface area is 237 Å². The average molecular weight is 675 g/mol. The number of hydrogen-bond donors (Lipinski definition) is 0. The van der Waals surface area contributed by atoms with Gasteiger partial charge in [0.2, 0.25) is 0 Å². The quantitative estimate of drug-likeness (QED) is 0.154. The second-order valence-corrected chi connectivity index (χ2v) is 8.34. The van der Waals surface area contributed by atoms with Gasteiger partial charge < -0.3 is 9.47 Å². The summed E-state index contributed by atoms with van der Waals surface area (Å²) in [6, 6.07) is -0.248. The Morgan fingerprint density at radius 2 is 0.978 bits per heavy atom. The van der Waals surface area contributed by atoms with Crippen LogP contribution >= 0.6 is 0 Å². The summed E-state index contributed by atoms with van der Waals surface area (Å²) in [6.45, 7) is 0. The van der Waals surface area contributed by atoms with Crippen LogP contribution in [0.4, 0.5) is 74.6 Å². The second kappa shape index (κ2) is 11.7. The van der Waals surface area contributed by atoms with Crippen LogP contribution < -0.4 is 9.47 Å². The number of halogens is 17. The molecule has 0 fully saturated rings. The molecule has 1 aliphatic carbocycles. The monoisotopic (exact) mass is 675 g/mol. The fraction of sp³-hybridized carbons (Fsp3) is 0.160. The minimum Gasteiger partial charge on any atom is -0.405 e. The Balaban J connectivity index is 2.72. The third-order valence-electron chi connectivity index (χ3n) is 5.60. The molecule has 0 saturated heterocycles. The van der Waals surface area contributed by atoms with Crippen LogP contribution in [0.3, 0.4) is 0 Å². The van der Waals surface area contributed by atoms with Gasteiger partial charge in [-0.1, -0.05) is 0 Å². The maximum atomic E-state index is 14.7. The maximum absolute atomic E-state index is 14.7. The number of alkyl halides is 12. The van der Waals surface area contributed by atoms with E-state index in [-0.39, 0.29) is 24.3 Å². The first-order valence-corrected chi connectivity index (χ1v) is 10.9. The van der Waals surface area contributed by atoms with Gasteiger partial charge in [-0.15, -0.1) is 26.3 Å². The van der Waals surface area contributed by atoms with E-state index in [9.17, 15) is 79.9 Å². The number of ether oxygens (including phenoxy) is 2. The molecular formula is C25H6F17NO2. The molecule has 2 aromatic carbocycles. The molecule has 0 spiro atoms. The summed E-state index contributed by atoms with van der Waals surface area (Å²) in [6.07, 6.45) is -25.8. The fourth-order valence-corrected chi connectivity index (χ4v) is 4.09. The van der Waals surface area contributed by atoms with Crippen molar-refractivity contribution in [3.8, 4) is 28.7 Å². The van der Waals surface area contributed by atoms with Gasteiger partial charge in [0, 0.05) is 5.57 Å². The lowest BCUT2D eigenvalue weighted by molar-refractivity contribution is -0.277. The van der Waals surface area contributed by atoms with Crippen molar-refractivity contribution in [3.05, 3.63) is 87.8 Å². The Hall–Kier alpha value is -4.70. The van der Waals surface area contributed by atoms with Crippen molar-refractivity contribution in [3.63, 3.8) is 0 Å². The number of nitriles is 1. The average Bonchev–Trinajstić information content (AvgIpc) is 3.18. The summed E-state index contributed by atoms with van der Waals surface area (Å²) in [5.74, 6) is -12.4. The largest absolute Gasteiger partial charge is 0.573 e. The van der Waals surface area contributed by atoms with Gasteiger partial charge in [0.05, 0.1) is 22.3 Å². The SMILES string of the molecule is N#CC(=C1c2cc(OC(F)(F)F)c(C(F)(F)F)cc2-c2cc(C(F)(F)F)c(OC(F)(F)F)cc21)C(/C(F)=C/F)=C(F)/C(F)=C/F. The van der Waals surface area contributed by atoms with Gasteiger partial charge in [0.1, 0.15) is 30.2 Å². The van der Waals surface area contributed by atoms with E-state index in [1.807, 2.05) is 0 Å². The highest BCUT2D eigenvalue weighted by Gasteiger charge is 2.45. The van der Waals surface area contributed by atoms with Gasteiger partial charge in [-0.3, -0.25) is 0 Å². The molecule has 0 unspecified atom stereocenters. The van der Waals surface area contributed by atoms with E-state index in [2.05, 4.69) is 9.47 Å². The molecule has 0 aliphatic heterocycles. The van der Waals surface area contributed by atoms with E-state index >= 15 is 0 Å². The Kier molecular flexibility index (Phi) is 9.02. The van der Waals surface area contributed by atoms with Gasteiger partial charge in [-0.25, -0.2) is 22.0 Å². The van der Waals surface area contributed by atoms with Crippen molar-refractivity contribution in [2.75, 3.05) is 0 Å². The van der Waals surface area contributed by atoms with Crippen molar-refractivity contribution in [2.24, 2.45) is 0 Å². The lowest BCUT2D eigenvalue weighted by atomic mass is 9.91. The van der Waals surface area contributed by atoms with Crippen LogP contribution in [-0.4, -0.2) is 12.7 Å². The molecule has 2 aromatic rings. The standard InChI is InChI=1S/C25H6F17NO2/c26-5-15(28)20(21(30)16(29)6-27)12(7-43)19-10-3-17(44-24(37,38)39)13(22(31,32)33)1-8(10)9-2-14(23(34,35)36)18(4-11(9)19)45-25(40,41)42/h1-6H/b15-5-,16-6-,21-20+. The third-order valence-corrected chi connectivity index (χ3v) is 5.60. The molecule has 0 saturated carbocycles. The normalized spacial score (nSPS) is 14.9. The molecular weight excluding hydrogens is 669 g/mol. The molecule has 3 rings (SSSR count). The third kappa shape index (κ3) is 7.17. The molecule has 242 valence electrons. The summed E-state index contributed by atoms with van der Waals surface area (Å²) >= 11 is 0. The van der Waals surface area contributed by atoms with Crippen LogP contribution in [-0.2, 0) is 12.4 Å². The van der Waals surface area contributed by atoms with Gasteiger partial charge in [0.15, 0.2) is 17.5 Å². The molecule has 0 amide bonds. The number of allylic oxidation sites excluding steroid dienone is 5. The zero-order valence-electron chi connectivity index (χ0n) is 20.7. The van der Waals surface area contributed by atoms with E-state index < -0.39 is 117 Å². The van der Waals surface area contributed by atoms with E-state index in [0.717, 1.165) is 6.07 Å². The summed E-state index contributed by atoms with van der Waals surface area (Å²) < 4.78 is 236. The van der Waals surface area contributed by atoms with Crippen LogP contribution in [0.1, 0.15) is 22.3 Å². The molecule has 20 heteroatoms. The van der Waals surface area contributed by atoms with Gasteiger partial charge in [0.25, 0.3) is 0 Å². The smallest absolute Gasteiger partial charge is 0.405 e. The Morgan fingerprint density at radius 3 is 1.27 bits per heavy atom. The zero-order valence-corrected chi connectivity index (χ0v) is 20.7.